The Hall–Kier alpha value is -3.56. The highest BCUT2D eigenvalue weighted by Gasteiger charge is 2.19. The molecular formula is C26H31N5O3S. The Balaban J connectivity index is 1.74. The number of para-hydroxylation sites is 1. The van der Waals surface area contributed by atoms with E-state index in [2.05, 4.69) is 33.6 Å². The fourth-order valence-corrected chi connectivity index (χ4v) is 3.40. The lowest BCUT2D eigenvalue weighted by Crippen LogP contribution is -2.36. The Morgan fingerprint density at radius 3 is 2.46 bits per heavy atom. The number of carbonyl (C=O) groups is 2. The summed E-state index contributed by atoms with van der Waals surface area (Å²) in [6.45, 7) is 3.82. The van der Waals surface area contributed by atoms with Crippen molar-refractivity contribution < 1.29 is 14.3 Å². The number of amides is 2. The molecule has 3 rings (SSSR count). The summed E-state index contributed by atoms with van der Waals surface area (Å²) in [6.07, 6.45) is -0.819. The van der Waals surface area contributed by atoms with Gasteiger partial charge in [0.15, 0.2) is 6.10 Å². The number of aromatic nitrogens is 1. The Kier molecular flexibility index (Phi) is 9.51. The predicted octanol–water partition coefficient (Wildman–Crippen LogP) is 3.46. The number of hydrogen-bond acceptors (Lipinski definition) is 7. The van der Waals surface area contributed by atoms with Crippen molar-refractivity contribution in [1.82, 2.24) is 10.3 Å². The van der Waals surface area contributed by atoms with Crippen molar-refractivity contribution in [2.75, 3.05) is 22.9 Å². The summed E-state index contributed by atoms with van der Waals surface area (Å²) >= 11 is 4.23. The highest BCUT2D eigenvalue weighted by molar-refractivity contribution is 7.80. The molecule has 35 heavy (non-hydrogen) atoms. The van der Waals surface area contributed by atoms with E-state index < -0.39 is 6.10 Å². The third-order valence-electron chi connectivity index (χ3n) is 5.16. The van der Waals surface area contributed by atoms with Gasteiger partial charge in [-0.3, -0.25) is 9.59 Å². The van der Waals surface area contributed by atoms with Crippen molar-refractivity contribution >= 4 is 35.8 Å². The summed E-state index contributed by atoms with van der Waals surface area (Å²) < 4.78 is 6.00. The summed E-state index contributed by atoms with van der Waals surface area (Å²) in [5.74, 6) is 0.339. The van der Waals surface area contributed by atoms with Gasteiger partial charge in [-0.2, -0.15) is 12.6 Å². The average Bonchev–Trinajstić information content (AvgIpc) is 2.87. The van der Waals surface area contributed by atoms with Crippen LogP contribution < -0.4 is 26.4 Å². The van der Waals surface area contributed by atoms with Gasteiger partial charge >= 0.3 is 0 Å². The van der Waals surface area contributed by atoms with Crippen LogP contribution in [-0.2, 0) is 16.1 Å². The van der Waals surface area contributed by atoms with Gasteiger partial charge in [-0.25, -0.2) is 4.98 Å². The lowest BCUT2D eigenvalue weighted by molar-refractivity contribution is -0.127. The molecule has 0 saturated heterocycles. The number of benzene rings is 2. The molecule has 0 aliphatic heterocycles. The van der Waals surface area contributed by atoms with E-state index >= 15 is 0 Å². The predicted molar refractivity (Wildman–Crippen MR) is 143 cm³/mol. The molecule has 0 radical (unpaired) electrons. The van der Waals surface area contributed by atoms with Crippen LogP contribution in [0.5, 0.6) is 5.88 Å². The fraction of sp³-hybridized carbons (Fsp3) is 0.269. The summed E-state index contributed by atoms with van der Waals surface area (Å²) in [7, 11) is 0. The summed E-state index contributed by atoms with van der Waals surface area (Å²) in [5.41, 5.74) is 9.72. The molecule has 0 fully saturated rings. The second-order valence-electron chi connectivity index (χ2n) is 8.06. The van der Waals surface area contributed by atoms with Gasteiger partial charge in [0.1, 0.15) is 0 Å². The molecule has 3 aromatic rings. The number of nitrogens with one attached hydrogen (secondary N) is 3. The Bertz CT molecular complexity index is 1140. The van der Waals surface area contributed by atoms with Crippen LogP contribution >= 0.6 is 12.6 Å². The minimum Gasteiger partial charge on any atom is -0.463 e. The number of ether oxygens (including phenoxy) is 1. The van der Waals surface area contributed by atoms with Gasteiger partial charge in [0.25, 0.3) is 5.91 Å². The first-order chi connectivity index (χ1) is 16.9. The molecule has 184 valence electrons. The molecule has 0 aliphatic rings. The van der Waals surface area contributed by atoms with E-state index in [1.54, 1.807) is 13.0 Å². The van der Waals surface area contributed by atoms with Gasteiger partial charge in [-0.1, -0.05) is 48.5 Å². The molecule has 2 aromatic carbocycles. The molecule has 0 bridgehead atoms. The van der Waals surface area contributed by atoms with Crippen molar-refractivity contribution in [3.8, 4) is 17.1 Å². The monoisotopic (exact) mass is 493 g/mol. The lowest BCUT2D eigenvalue weighted by Gasteiger charge is -2.19. The maximum atomic E-state index is 12.8. The van der Waals surface area contributed by atoms with Gasteiger partial charge in [0, 0.05) is 43.1 Å². The SMILES string of the molecule is CC(=O)Nc1ccccc1CNC(=O)[C@@H](C)Oc1nc(-c2ccccc2)ccc1NCC(N)CS. The summed E-state index contributed by atoms with van der Waals surface area (Å²) in [4.78, 5) is 28.9. The van der Waals surface area contributed by atoms with Gasteiger partial charge in [0.2, 0.25) is 11.8 Å². The van der Waals surface area contributed by atoms with E-state index in [0.29, 0.717) is 29.6 Å². The zero-order chi connectivity index (χ0) is 25.2. The maximum absolute atomic E-state index is 12.8. The first-order valence-corrected chi connectivity index (χ1v) is 12.0. The summed E-state index contributed by atoms with van der Waals surface area (Å²) in [5, 5.41) is 8.87. The Labute approximate surface area is 211 Å². The van der Waals surface area contributed by atoms with Gasteiger partial charge < -0.3 is 26.4 Å². The Morgan fingerprint density at radius 2 is 1.74 bits per heavy atom. The smallest absolute Gasteiger partial charge is 0.261 e. The number of pyridine rings is 1. The van der Waals surface area contributed by atoms with Gasteiger partial charge in [-0.05, 0) is 30.7 Å². The maximum Gasteiger partial charge on any atom is 0.261 e. The standard InChI is InChI=1S/C26H31N5O3S/c1-17(25(33)29-14-20-10-6-7-11-22(20)30-18(2)32)34-26-24(28-15-21(27)16-35)13-12-23(31-26)19-8-4-3-5-9-19/h3-13,17,21,28,35H,14-16,27H2,1-2H3,(H,29,33)(H,30,32)/t17-,21?/m1/s1. The minimum atomic E-state index is -0.819. The van der Waals surface area contributed by atoms with Crippen LogP contribution in [0.25, 0.3) is 11.3 Å². The van der Waals surface area contributed by atoms with Crippen molar-refractivity contribution in [3.05, 3.63) is 72.3 Å². The molecule has 9 heteroatoms. The fourth-order valence-electron chi connectivity index (χ4n) is 3.27. The lowest BCUT2D eigenvalue weighted by atomic mass is 10.1. The Morgan fingerprint density at radius 1 is 1.03 bits per heavy atom. The quantitative estimate of drug-likeness (QED) is 0.261. The van der Waals surface area contributed by atoms with Crippen molar-refractivity contribution in [3.63, 3.8) is 0 Å². The molecule has 8 nitrogen and oxygen atoms in total. The number of hydrogen-bond donors (Lipinski definition) is 5. The average molecular weight is 494 g/mol. The molecule has 1 heterocycles. The van der Waals surface area contributed by atoms with E-state index in [-0.39, 0.29) is 24.4 Å². The topological polar surface area (TPSA) is 118 Å². The van der Waals surface area contributed by atoms with Gasteiger partial charge in [-0.15, -0.1) is 0 Å². The third-order valence-corrected chi connectivity index (χ3v) is 5.63. The van der Waals surface area contributed by atoms with E-state index in [9.17, 15) is 9.59 Å². The van der Waals surface area contributed by atoms with E-state index in [1.165, 1.54) is 6.92 Å². The van der Waals surface area contributed by atoms with E-state index in [1.807, 2.05) is 60.7 Å². The van der Waals surface area contributed by atoms with Crippen LogP contribution in [-0.4, -0.2) is 41.2 Å². The number of anilines is 2. The minimum absolute atomic E-state index is 0.149. The molecule has 0 aliphatic carbocycles. The molecule has 1 aromatic heterocycles. The first-order valence-electron chi connectivity index (χ1n) is 11.3. The zero-order valence-corrected chi connectivity index (χ0v) is 20.7. The molecule has 2 amide bonds. The summed E-state index contributed by atoms with van der Waals surface area (Å²) in [6, 6.07) is 20.6. The highest BCUT2D eigenvalue weighted by atomic mass is 32.1. The molecule has 5 N–H and O–H groups in total. The van der Waals surface area contributed by atoms with Crippen LogP contribution in [0.3, 0.4) is 0 Å². The normalized spacial score (nSPS) is 12.3. The third kappa shape index (κ3) is 7.73. The number of nitrogens with two attached hydrogens (primary N) is 1. The van der Waals surface area contributed by atoms with Gasteiger partial charge in [0.05, 0.1) is 11.4 Å². The van der Waals surface area contributed by atoms with Crippen LogP contribution in [0.1, 0.15) is 19.4 Å². The van der Waals surface area contributed by atoms with Crippen molar-refractivity contribution in [2.24, 2.45) is 5.73 Å². The number of thiol groups is 1. The second kappa shape index (κ2) is 12.8. The van der Waals surface area contributed by atoms with Crippen LogP contribution in [0.4, 0.5) is 11.4 Å². The highest BCUT2D eigenvalue weighted by Crippen LogP contribution is 2.28. The second-order valence-corrected chi connectivity index (χ2v) is 8.42. The van der Waals surface area contributed by atoms with E-state index in [4.69, 9.17) is 10.5 Å². The number of rotatable bonds is 11. The van der Waals surface area contributed by atoms with Crippen molar-refractivity contribution in [1.29, 1.82) is 0 Å². The van der Waals surface area contributed by atoms with E-state index in [0.717, 1.165) is 16.8 Å². The molecule has 0 spiro atoms. The van der Waals surface area contributed by atoms with Crippen LogP contribution in [0.15, 0.2) is 66.7 Å². The molecule has 0 saturated carbocycles. The number of carbonyl (C=O) groups excluding carboxylic acids is 2. The molecular weight excluding hydrogens is 462 g/mol. The molecule has 2 atom stereocenters. The first kappa shape index (κ1) is 26.1. The zero-order valence-electron chi connectivity index (χ0n) is 19.8. The number of nitrogens with zero attached hydrogens (tertiary/aromatic N) is 1. The largest absolute Gasteiger partial charge is 0.463 e. The molecule has 1 unspecified atom stereocenters. The van der Waals surface area contributed by atoms with Crippen molar-refractivity contribution in [2.45, 2.75) is 32.5 Å². The van der Waals surface area contributed by atoms with Crippen LogP contribution in [0, 0.1) is 0 Å². The van der Waals surface area contributed by atoms with Crippen LogP contribution in [0.2, 0.25) is 0 Å².